The molecule has 3 N–H and O–H groups in total. The van der Waals surface area contributed by atoms with Gasteiger partial charge in [0.25, 0.3) is 0 Å². The summed E-state index contributed by atoms with van der Waals surface area (Å²) in [4.78, 5) is 4.30. The van der Waals surface area contributed by atoms with E-state index in [0.29, 0.717) is 5.84 Å². The second-order valence-electron chi connectivity index (χ2n) is 15.8. The van der Waals surface area contributed by atoms with Gasteiger partial charge < -0.3 is 14.9 Å². The molecule has 0 unspecified atom stereocenters. The number of nitrogens with one attached hydrogen (secondary N) is 1. The maximum atomic E-state index is 8.29. The first-order valence-corrected chi connectivity index (χ1v) is 20.9. The molecule has 12 aromatic rings. The number of aromatic nitrogens is 2. The van der Waals surface area contributed by atoms with Crippen LogP contribution in [0, 0.1) is 5.41 Å². The molecule has 294 valence electrons. The van der Waals surface area contributed by atoms with Gasteiger partial charge >= 0.3 is 0 Å². The molecule has 0 saturated carbocycles. The lowest BCUT2D eigenvalue weighted by Gasteiger charge is -2.11. The monoisotopic (exact) mass is 795 g/mol. The smallest absolute Gasteiger partial charge is 0.154 e. The summed E-state index contributed by atoms with van der Waals surface area (Å²) in [5.74, 6) is 0.482. The van der Waals surface area contributed by atoms with Gasteiger partial charge in [0.05, 0.1) is 22.2 Å². The first-order valence-electron chi connectivity index (χ1n) is 20.9. The van der Waals surface area contributed by atoms with Crippen LogP contribution in [0.1, 0.15) is 11.1 Å². The van der Waals surface area contributed by atoms with E-state index in [9.17, 15) is 0 Å². The lowest BCUT2D eigenvalue weighted by Crippen LogP contribution is -2.15. The Kier molecular flexibility index (Phi) is 8.94. The Balaban J connectivity index is 0.000000141. The zero-order valence-electron chi connectivity index (χ0n) is 34.1. The number of rotatable bonds is 5. The van der Waals surface area contributed by atoms with Crippen molar-refractivity contribution in [1.29, 1.82) is 5.41 Å². The second kappa shape index (κ2) is 15.1. The molecule has 12 rings (SSSR count). The highest BCUT2D eigenvalue weighted by atomic mass is 15.0. The molecule has 0 amide bonds. The summed E-state index contributed by atoms with van der Waals surface area (Å²) in [5, 5.41) is 18.9. The summed E-state index contributed by atoms with van der Waals surface area (Å²) in [6, 6.07) is 73.8. The highest BCUT2D eigenvalue weighted by molar-refractivity contribution is 6.34. The Labute approximate surface area is 359 Å². The minimum absolute atomic E-state index is 0.147. The molecule has 5 heteroatoms. The van der Waals surface area contributed by atoms with Crippen molar-refractivity contribution in [3.8, 4) is 27.9 Å². The Bertz CT molecular complexity index is 3550. The fourth-order valence-corrected chi connectivity index (χ4v) is 9.33. The van der Waals surface area contributed by atoms with Crippen molar-refractivity contribution in [2.75, 3.05) is 0 Å². The molecule has 0 radical (unpaired) electrons. The summed E-state index contributed by atoms with van der Waals surface area (Å²) in [6.45, 7) is 0. The largest absolute Gasteiger partial charge is 0.383 e. The van der Waals surface area contributed by atoms with Crippen LogP contribution >= 0.6 is 0 Å². The molecule has 2 aromatic heterocycles. The van der Waals surface area contributed by atoms with Gasteiger partial charge in [-0.1, -0.05) is 188 Å². The van der Waals surface area contributed by atoms with Gasteiger partial charge in [0, 0.05) is 45.2 Å². The predicted molar refractivity (Wildman–Crippen MR) is 262 cm³/mol. The van der Waals surface area contributed by atoms with E-state index in [1.165, 1.54) is 70.8 Å². The summed E-state index contributed by atoms with van der Waals surface area (Å²) >= 11 is 0. The van der Waals surface area contributed by atoms with E-state index in [0.717, 1.165) is 33.4 Å². The first kappa shape index (κ1) is 36.8. The Morgan fingerprint density at radius 3 is 1.39 bits per heavy atom. The van der Waals surface area contributed by atoms with Crippen LogP contribution in [0.25, 0.3) is 93.1 Å². The Morgan fingerprint density at radius 2 is 0.823 bits per heavy atom. The highest BCUT2D eigenvalue weighted by Crippen LogP contribution is 2.44. The number of aliphatic imine (C=N–C) groups is 1. The summed E-state index contributed by atoms with van der Waals surface area (Å²) in [7, 11) is 2.19. The molecule has 0 fully saturated rings. The van der Waals surface area contributed by atoms with E-state index >= 15 is 0 Å². The number of nitrogens with two attached hydrogens (primary N) is 1. The van der Waals surface area contributed by atoms with Gasteiger partial charge in [-0.2, -0.15) is 0 Å². The van der Waals surface area contributed by atoms with E-state index in [-0.39, 0.29) is 5.84 Å². The molecule has 0 aliphatic carbocycles. The van der Waals surface area contributed by atoms with Gasteiger partial charge in [-0.3, -0.25) is 5.41 Å². The van der Waals surface area contributed by atoms with Crippen molar-refractivity contribution in [2.24, 2.45) is 17.8 Å². The normalized spacial score (nSPS) is 11.9. The number of hydrogen-bond donors (Lipinski definition) is 2. The van der Waals surface area contributed by atoms with Crippen molar-refractivity contribution in [3.63, 3.8) is 0 Å². The zero-order chi connectivity index (χ0) is 41.7. The molecule has 0 aliphatic rings. The van der Waals surface area contributed by atoms with Crippen molar-refractivity contribution >= 4 is 76.8 Å². The lowest BCUT2D eigenvalue weighted by atomic mass is 9.95. The summed E-state index contributed by atoms with van der Waals surface area (Å²) in [5.41, 5.74) is 18.5. The quantitative estimate of drug-likeness (QED) is 0.102. The van der Waals surface area contributed by atoms with Crippen LogP contribution in [0.3, 0.4) is 0 Å². The Hall–Kier alpha value is -8.28. The van der Waals surface area contributed by atoms with Gasteiger partial charge in [0.2, 0.25) is 0 Å². The number of para-hydroxylation sites is 2. The van der Waals surface area contributed by atoms with Crippen LogP contribution < -0.4 is 5.73 Å². The number of nitrogens with zero attached hydrogens (tertiary/aromatic N) is 3. The topological polar surface area (TPSA) is 72.1 Å². The molecule has 0 aliphatic heterocycles. The third kappa shape index (κ3) is 6.10. The molecule has 2 heterocycles. The number of amidine groups is 2. The maximum absolute atomic E-state index is 8.29. The van der Waals surface area contributed by atoms with Crippen LogP contribution in [0.4, 0.5) is 0 Å². The molecule has 62 heavy (non-hydrogen) atoms. The summed E-state index contributed by atoms with van der Waals surface area (Å²) in [6.07, 6.45) is 0. The second-order valence-corrected chi connectivity index (χ2v) is 15.8. The van der Waals surface area contributed by atoms with E-state index in [1.807, 2.05) is 84.9 Å². The van der Waals surface area contributed by atoms with Crippen LogP contribution in [0.15, 0.2) is 217 Å². The van der Waals surface area contributed by atoms with Crippen LogP contribution in [0.5, 0.6) is 0 Å². The highest BCUT2D eigenvalue weighted by Gasteiger charge is 2.21. The minimum Gasteiger partial charge on any atom is -0.383 e. The molecule has 0 atom stereocenters. The number of benzene rings is 10. The molecule has 0 bridgehead atoms. The van der Waals surface area contributed by atoms with Crippen molar-refractivity contribution < 1.29 is 0 Å². The van der Waals surface area contributed by atoms with E-state index in [4.69, 9.17) is 11.1 Å². The average molecular weight is 796 g/mol. The molecule has 10 aromatic carbocycles. The fraction of sp³-hybridized carbons (Fsp3) is 0.0175. The number of aryl methyl sites for hydroxylation is 1. The summed E-state index contributed by atoms with van der Waals surface area (Å²) < 4.78 is 4.82. The lowest BCUT2D eigenvalue weighted by molar-refractivity contribution is 1.00. The number of hydrogen-bond acceptors (Lipinski definition) is 1. The zero-order valence-corrected chi connectivity index (χ0v) is 34.1. The van der Waals surface area contributed by atoms with Crippen LogP contribution in [-0.4, -0.2) is 20.8 Å². The molecule has 0 saturated heterocycles. The van der Waals surface area contributed by atoms with Gasteiger partial charge in [0.1, 0.15) is 5.84 Å². The first-order chi connectivity index (χ1) is 30.5. The third-order valence-corrected chi connectivity index (χ3v) is 12.3. The van der Waals surface area contributed by atoms with Gasteiger partial charge in [0.15, 0.2) is 5.84 Å². The number of fused-ring (bicyclic) bond motifs is 6. The molecule has 5 nitrogen and oxygen atoms in total. The molecular formula is C57H41N5. The van der Waals surface area contributed by atoms with Crippen molar-refractivity contribution in [1.82, 2.24) is 9.13 Å². The van der Waals surface area contributed by atoms with Gasteiger partial charge in [-0.25, -0.2) is 4.99 Å². The van der Waals surface area contributed by atoms with E-state index in [2.05, 4.69) is 149 Å². The average Bonchev–Trinajstić information content (AvgIpc) is 3.84. The maximum Gasteiger partial charge on any atom is 0.154 e. The van der Waals surface area contributed by atoms with Crippen LogP contribution in [-0.2, 0) is 7.05 Å². The standard InChI is InChI=1S/C31H20N2.C26H21N3/c1-32-25-15-5-4-11-21(25)24-14-8-18-28(31(24)32)33-26-16-6-12-22-19-9-2-3-10-20(19)23-13-7-17-27(33)30(23)29(22)26;27-25(23-15-11-21(12-16-23)19-7-3-1-4-8-19)29-26(28)24-17-13-22(14-18-24)20-9-5-2-6-10-20/h2-18H,1H3;1-18H,(H3,27,28,29). The fourth-order valence-electron chi connectivity index (χ4n) is 9.33. The minimum atomic E-state index is 0.147. The van der Waals surface area contributed by atoms with E-state index in [1.54, 1.807) is 0 Å². The van der Waals surface area contributed by atoms with Crippen molar-refractivity contribution in [2.45, 2.75) is 0 Å². The predicted octanol–water partition coefficient (Wildman–Crippen LogP) is 13.9. The van der Waals surface area contributed by atoms with E-state index < -0.39 is 0 Å². The molecular weight excluding hydrogens is 755 g/mol. The van der Waals surface area contributed by atoms with Crippen LogP contribution in [0.2, 0.25) is 0 Å². The third-order valence-electron chi connectivity index (χ3n) is 12.3. The molecule has 0 spiro atoms. The van der Waals surface area contributed by atoms with Crippen molar-refractivity contribution in [3.05, 3.63) is 223 Å². The van der Waals surface area contributed by atoms with Gasteiger partial charge in [-0.15, -0.1) is 0 Å². The SMILES string of the molecule is Cn1c2ccccc2c2cccc(-n3c4cccc5c6ccccc6c6cccc3c6c54)c21.N=C(N=C(N)c1ccc(-c2ccccc2)cc1)c1ccc(-c2ccccc2)cc1. The van der Waals surface area contributed by atoms with Gasteiger partial charge in [-0.05, 0) is 68.1 Å². The Morgan fingerprint density at radius 1 is 0.403 bits per heavy atom.